The van der Waals surface area contributed by atoms with Crippen molar-refractivity contribution in [1.29, 1.82) is 0 Å². The van der Waals surface area contributed by atoms with Crippen molar-refractivity contribution in [3.63, 3.8) is 0 Å². The molecule has 2 rings (SSSR count). The van der Waals surface area contributed by atoms with E-state index in [1.165, 1.54) is 12.1 Å². The molecule has 0 spiro atoms. The molecule has 1 aromatic carbocycles. The van der Waals surface area contributed by atoms with Crippen molar-refractivity contribution in [2.24, 2.45) is 4.99 Å². The second-order valence-electron chi connectivity index (χ2n) is 4.82. The Kier molecular flexibility index (Phi) is 6.76. The highest BCUT2D eigenvalue weighted by molar-refractivity contribution is 14.0. The predicted molar refractivity (Wildman–Crippen MR) is 93.1 cm³/mol. The van der Waals surface area contributed by atoms with E-state index >= 15 is 0 Å². The first kappa shape index (κ1) is 18.9. The first-order valence-corrected chi connectivity index (χ1v) is 6.77. The van der Waals surface area contributed by atoms with Gasteiger partial charge in [-0.3, -0.25) is 4.99 Å². The average Bonchev–Trinajstić information content (AvgIpc) is 2.48. The highest BCUT2D eigenvalue weighted by Crippen LogP contribution is 2.31. The van der Waals surface area contributed by atoms with Gasteiger partial charge < -0.3 is 15.1 Å². The molecule has 0 saturated carbocycles. The van der Waals surface area contributed by atoms with Crippen molar-refractivity contribution >= 4 is 35.6 Å². The molecular formula is C14H20F3IN4. The van der Waals surface area contributed by atoms with Crippen molar-refractivity contribution in [1.82, 2.24) is 10.2 Å². The summed E-state index contributed by atoms with van der Waals surface area (Å²) in [5, 5.41) is 3.01. The molecule has 1 aromatic rings. The van der Waals surface area contributed by atoms with Crippen LogP contribution in [0.4, 0.5) is 18.9 Å². The van der Waals surface area contributed by atoms with Crippen LogP contribution in [-0.4, -0.2) is 51.1 Å². The van der Waals surface area contributed by atoms with E-state index in [1.807, 2.05) is 11.9 Å². The van der Waals surface area contributed by atoms with Gasteiger partial charge in [-0.25, -0.2) is 0 Å². The van der Waals surface area contributed by atoms with Crippen molar-refractivity contribution in [3.8, 4) is 0 Å². The third kappa shape index (κ3) is 4.40. The summed E-state index contributed by atoms with van der Waals surface area (Å²) in [6.07, 6.45) is -4.30. The molecule has 0 aliphatic carbocycles. The second-order valence-corrected chi connectivity index (χ2v) is 4.82. The van der Waals surface area contributed by atoms with E-state index in [0.717, 1.165) is 25.1 Å². The lowest BCUT2D eigenvalue weighted by Gasteiger charge is -2.37. The van der Waals surface area contributed by atoms with Crippen LogP contribution in [0.25, 0.3) is 0 Å². The van der Waals surface area contributed by atoms with Gasteiger partial charge in [0.2, 0.25) is 0 Å². The zero-order chi connectivity index (χ0) is 15.5. The van der Waals surface area contributed by atoms with Gasteiger partial charge >= 0.3 is 6.18 Å². The van der Waals surface area contributed by atoms with Crippen LogP contribution in [0, 0.1) is 0 Å². The number of guanidine groups is 1. The van der Waals surface area contributed by atoms with Gasteiger partial charge in [-0.15, -0.1) is 24.0 Å². The van der Waals surface area contributed by atoms with Crippen molar-refractivity contribution in [3.05, 3.63) is 29.8 Å². The molecule has 124 valence electrons. The summed E-state index contributed by atoms with van der Waals surface area (Å²) in [6.45, 7) is 2.79. The molecule has 0 aromatic heterocycles. The fourth-order valence-electron chi connectivity index (χ4n) is 2.47. The first-order valence-electron chi connectivity index (χ1n) is 6.77. The number of aliphatic imine (C=N–C) groups is 1. The number of piperazine rings is 1. The molecule has 1 fully saturated rings. The van der Waals surface area contributed by atoms with Gasteiger partial charge in [0, 0.05) is 46.0 Å². The van der Waals surface area contributed by atoms with Gasteiger partial charge in [0.05, 0.1) is 5.56 Å². The van der Waals surface area contributed by atoms with Crippen molar-refractivity contribution in [2.75, 3.05) is 45.2 Å². The SMILES string of the molecule is CN=C(NC)N1CCN(c2cccc(C(F)(F)F)c2)CC1.I. The lowest BCUT2D eigenvalue weighted by molar-refractivity contribution is -0.137. The molecule has 4 nitrogen and oxygen atoms in total. The Balaban J connectivity index is 0.00000242. The van der Waals surface area contributed by atoms with Crippen molar-refractivity contribution < 1.29 is 13.2 Å². The number of anilines is 1. The number of alkyl halides is 3. The highest BCUT2D eigenvalue weighted by Gasteiger charge is 2.31. The van der Waals surface area contributed by atoms with Crippen LogP contribution in [0.5, 0.6) is 0 Å². The molecule has 1 N–H and O–H groups in total. The number of hydrogen-bond acceptors (Lipinski definition) is 2. The van der Waals surface area contributed by atoms with Gasteiger partial charge in [-0.05, 0) is 18.2 Å². The Bertz CT molecular complexity index is 511. The van der Waals surface area contributed by atoms with Gasteiger partial charge in [-0.2, -0.15) is 13.2 Å². The molecule has 1 aliphatic rings. The number of nitrogens with zero attached hydrogens (tertiary/aromatic N) is 3. The minimum absolute atomic E-state index is 0. The molecule has 1 aliphatic heterocycles. The number of nitrogens with one attached hydrogen (secondary N) is 1. The summed E-state index contributed by atoms with van der Waals surface area (Å²) >= 11 is 0. The van der Waals surface area contributed by atoms with Gasteiger partial charge in [0.1, 0.15) is 0 Å². The quantitative estimate of drug-likeness (QED) is 0.424. The average molecular weight is 428 g/mol. The van der Waals surface area contributed by atoms with Gasteiger partial charge in [0.25, 0.3) is 0 Å². The molecule has 0 atom stereocenters. The summed E-state index contributed by atoms with van der Waals surface area (Å²) in [5.74, 6) is 0.804. The summed E-state index contributed by atoms with van der Waals surface area (Å²) in [6, 6.07) is 5.49. The second kappa shape index (κ2) is 7.89. The zero-order valence-corrected chi connectivity index (χ0v) is 14.9. The predicted octanol–water partition coefficient (Wildman–Crippen LogP) is 2.65. The van der Waals surface area contributed by atoms with Gasteiger partial charge in [0.15, 0.2) is 5.96 Å². The Labute approximate surface area is 145 Å². The molecule has 22 heavy (non-hydrogen) atoms. The Hall–Kier alpha value is -1.19. The lowest BCUT2D eigenvalue weighted by Crippen LogP contribution is -2.52. The molecule has 0 unspecified atom stereocenters. The maximum absolute atomic E-state index is 12.7. The minimum atomic E-state index is -4.30. The van der Waals surface area contributed by atoms with Gasteiger partial charge in [-0.1, -0.05) is 6.07 Å². The third-order valence-electron chi connectivity index (χ3n) is 3.55. The van der Waals surface area contributed by atoms with E-state index in [2.05, 4.69) is 15.2 Å². The zero-order valence-electron chi connectivity index (χ0n) is 12.5. The first-order chi connectivity index (χ1) is 9.95. The normalized spacial score (nSPS) is 16.3. The molecule has 8 heteroatoms. The number of hydrogen-bond donors (Lipinski definition) is 1. The monoisotopic (exact) mass is 428 g/mol. The summed E-state index contributed by atoms with van der Waals surface area (Å²) in [5.41, 5.74) is 0.0115. The fourth-order valence-corrected chi connectivity index (χ4v) is 2.47. The summed E-state index contributed by atoms with van der Waals surface area (Å²) < 4.78 is 38.2. The molecular weight excluding hydrogens is 408 g/mol. The third-order valence-corrected chi connectivity index (χ3v) is 3.55. The Morgan fingerprint density at radius 1 is 1.18 bits per heavy atom. The largest absolute Gasteiger partial charge is 0.416 e. The molecule has 0 bridgehead atoms. The standard InChI is InChI=1S/C14H19F3N4.HI/c1-18-13(19-2)21-8-6-20(7-9-21)12-5-3-4-11(10-12)14(15,16)17;/h3-5,10H,6-9H2,1-2H3,(H,18,19);1H. The molecule has 1 saturated heterocycles. The molecule has 1 heterocycles. The topological polar surface area (TPSA) is 30.9 Å². The summed E-state index contributed by atoms with van der Waals surface area (Å²) in [4.78, 5) is 8.19. The van der Waals surface area contributed by atoms with Crippen LogP contribution in [0.3, 0.4) is 0 Å². The van der Waals surface area contributed by atoms with E-state index in [4.69, 9.17) is 0 Å². The summed E-state index contributed by atoms with van der Waals surface area (Å²) in [7, 11) is 3.52. The van der Waals surface area contributed by atoms with Crippen LogP contribution in [0.1, 0.15) is 5.56 Å². The molecule has 0 amide bonds. The maximum atomic E-state index is 12.7. The van der Waals surface area contributed by atoms with Crippen LogP contribution >= 0.6 is 24.0 Å². The minimum Gasteiger partial charge on any atom is -0.368 e. The van der Waals surface area contributed by atoms with Crippen LogP contribution in [0.2, 0.25) is 0 Å². The number of benzene rings is 1. The highest BCUT2D eigenvalue weighted by atomic mass is 127. The van der Waals surface area contributed by atoms with E-state index in [-0.39, 0.29) is 24.0 Å². The van der Waals surface area contributed by atoms with E-state index in [9.17, 15) is 13.2 Å². The molecule has 0 radical (unpaired) electrons. The number of halogens is 4. The fraction of sp³-hybridized carbons (Fsp3) is 0.500. The lowest BCUT2D eigenvalue weighted by atomic mass is 10.1. The van der Waals surface area contributed by atoms with Crippen LogP contribution < -0.4 is 10.2 Å². The Morgan fingerprint density at radius 2 is 1.82 bits per heavy atom. The van der Waals surface area contributed by atoms with Crippen molar-refractivity contribution in [2.45, 2.75) is 6.18 Å². The Morgan fingerprint density at radius 3 is 2.32 bits per heavy atom. The van der Waals surface area contributed by atoms with Crippen LogP contribution in [-0.2, 0) is 6.18 Å². The number of rotatable bonds is 1. The maximum Gasteiger partial charge on any atom is 0.416 e. The van der Waals surface area contributed by atoms with E-state index < -0.39 is 11.7 Å². The van der Waals surface area contributed by atoms with Crippen LogP contribution in [0.15, 0.2) is 29.3 Å². The van der Waals surface area contributed by atoms with E-state index in [1.54, 1.807) is 13.1 Å². The smallest absolute Gasteiger partial charge is 0.368 e. The van der Waals surface area contributed by atoms with E-state index in [0.29, 0.717) is 18.8 Å².